The Labute approximate surface area is 86.9 Å². The van der Waals surface area contributed by atoms with Gasteiger partial charge in [-0.15, -0.1) is 0 Å². The van der Waals surface area contributed by atoms with Crippen LogP contribution in [0.3, 0.4) is 0 Å². The minimum atomic E-state index is -0.726. The lowest BCUT2D eigenvalue weighted by Gasteiger charge is -2.19. The molecule has 0 aliphatic carbocycles. The number of hydrogen-bond donors (Lipinski definition) is 2. The van der Waals surface area contributed by atoms with Crippen LogP contribution in [0.4, 0.5) is 0 Å². The van der Waals surface area contributed by atoms with Crippen molar-refractivity contribution in [1.29, 1.82) is 0 Å². The molecule has 0 heterocycles. The fourth-order valence-electron chi connectivity index (χ4n) is 1.40. The molecule has 0 fully saturated rings. The van der Waals surface area contributed by atoms with Crippen molar-refractivity contribution in [2.24, 2.45) is 5.92 Å². The molecular weight excluding hydrogens is 178 g/mol. The summed E-state index contributed by atoms with van der Waals surface area (Å²) in [6.07, 6.45) is 4.30. The van der Waals surface area contributed by atoms with Gasteiger partial charge in [-0.1, -0.05) is 40.0 Å². The van der Waals surface area contributed by atoms with E-state index in [1.54, 1.807) is 0 Å². The van der Waals surface area contributed by atoms with Gasteiger partial charge in [0.15, 0.2) is 0 Å². The molecule has 0 spiro atoms. The van der Waals surface area contributed by atoms with Crippen LogP contribution in [-0.2, 0) is 4.79 Å². The first-order valence-electron chi connectivity index (χ1n) is 5.59. The maximum absolute atomic E-state index is 10.9. The van der Waals surface area contributed by atoms with Gasteiger partial charge in [0, 0.05) is 0 Å². The van der Waals surface area contributed by atoms with E-state index in [4.69, 9.17) is 5.11 Å². The molecule has 0 amide bonds. The maximum atomic E-state index is 10.9. The lowest BCUT2D eigenvalue weighted by Crippen LogP contribution is -2.42. The van der Waals surface area contributed by atoms with Crippen molar-refractivity contribution in [1.82, 2.24) is 5.32 Å². The van der Waals surface area contributed by atoms with E-state index in [9.17, 15) is 4.79 Å². The molecule has 2 N–H and O–H groups in total. The third-order valence-corrected chi connectivity index (χ3v) is 2.62. The first-order valence-corrected chi connectivity index (χ1v) is 5.59. The van der Waals surface area contributed by atoms with Crippen molar-refractivity contribution in [3.8, 4) is 0 Å². The highest BCUT2D eigenvalue weighted by atomic mass is 16.4. The van der Waals surface area contributed by atoms with Crippen LogP contribution in [0.5, 0.6) is 0 Å². The number of nitrogens with one attached hydrogen (secondary N) is 1. The Morgan fingerprint density at radius 1 is 1.36 bits per heavy atom. The van der Waals surface area contributed by atoms with Gasteiger partial charge in [-0.2, -0.15) is 0 Å². The molecule has 0 aliphatic heterocycles. The Kier molecular flexibility index (Phi) is 7.48. The van der Waals surface area contributed by atoms with E-state index >= 15 is 0 Å². The molecule has 2 atom stereocenters. The quantitative estimate of drug-likeness (QED) is 0.592. The third kappa shape index (κ3) is 5.22. The van der Waals surface area contributed by atoms with Crippen LogP contribution in [0, 0.1) is 5.92 Å². The number of unbranched alkanes of at least 4 members (excludes halogenated alkanes) is 2. The van der Waals surface area contributed by atoms with Gasteiger partial charge in [0.25, 0.3) is 0 Å². The number of rotatable bonds is 8. The summed E-state index contributed by atoms with van der Waals surface area (Å²) < 4.78 is 0. The van der Waals surface area contributed by atoms with Gasteiger partial charge >= 0.3 is 5.97 Å². The minimum absolute atomic E-state index is 0.203. The standard InChI is InChI=1S/C11H23NO2/c1-4-6-7-8-12-10(11(13)14)9(3)5-2/h9-10,12H,4-8H2,1-3H3,(H,13,14). The number of carbonyl (C=O) groups is 1. The van der Waals surface area contributed by atoms with Gasteiger partial charge in [0.05, 0.1) is 0 Å². The predicted octanol–water partition coefficient (Wildman–Crippen LogP) is 2.27. The average Bonchev–Trinajstić information content (AvgIpc) is 2.16. The molecule has 3 heteroatoms. The average molecular weight is 201 g/mol. The zero-order valence-electron chi connectivity index (χ0n) is 9.55. The zero-order chi connectivity index (χ0) is 11.0. The van der Waals surface area contributed by atoms with E-state index < -0.39 is 5.97 Å². The van der Waals surface area contributed by atoms with E-state index in [1.807, 2.05) is 13.8 Å². The van der Waals surface area contributed by atoms with Gasteiger partial charge < -0.3 is 10.4 Å². The molecule has 0 aromatic carbocycles. The van der Waals surface area contributed by atoms with E-state index in [-0.39, 0.29) is 12.0 Å². The van der Waals surface area contributed by atoms with Gasteiger partial charge in [0.1, 0.15) is 6.04 Å². The summed E-state index contributed by atoms with van der Waals surface area (Å²) in [7, 11) is 0. The summed E-state index contributed by atoms with van der Waals surface area (Å²) in [5, 5.41) is 12.1. The molecule has 0 aromatic rings. The van der Waals surface area contributed by atoms with Crippen molar-refractivity contribution in [2.45, 2.75) is 52.5 Å². The maximum Gasteiger partial charge on any atom is 0.320 e. The normalized spacial score (nSPS) is 15.1. The minimum Gasteiger partial charge on any atom is -0.480 e. The Morgan fingerprint density at radius 3 is 2.43 bits per heavy atom. The smallest absolute Gasteiger partial charge is 0.320 e. The van der Waals surface area contributed by atoms with Crippen LogP contribution in [0.1, 0.15) is 46.5 Å². The first-order chi connectivity index (χ1) is 6.63. The number of aliphatic carboxylic acids is 1. The number of hydrogen-bond acceptors (Lipinski definition) is 2. The SMILES string of the molecule is CCCCCNC(C(=O)O)C(C)CC. The monoisotopic (exact) mass is 201 g/mol. The fourth-order valence-corrected chi connectivity index (χ4v) is 1.40. The van der Waals surface area contributed by atoms with E-state index in [0.717, 1.165) is 19.4 Å². The molecule has 0 radical (unpaired) electrons. The van der Waals surface area contributed by atoms with E-state index in [2.05, 4.69) is 12.2 Å². The highest BCUT2D eigenvalue weighted by Crippen LogP contribution is 2.08. The van der Waals surface area contributed by atoms with Crippen molar-refractivity contribution < 1.29 is 9.90 Å². The van der Waals surface area contributed by atoms with Crippen molar-refractivity contribution >= 4 is 5.97 Å². The Bertz CT molecular complexity index is 159. The first kappa shape index (κ1) is 13.4. The lowest BCUT2D eigenvalue weighted by atomic mass is 9.99. The summed E-state index contributed by atoms with van der Waals surface area (Å²) in [5.74, 6) is -0.523. The highest BCUT2D eigenvalue weighted by Gasteiger charge is 2.21. The molecule has 3 nitrogen and oxygen atoms in total. The Morgan fingerprint density at radius 2 is 2.00 bits per heavy atom. The molecule has 0 saturated carbocycles. The molecular formula is C11H23NO2. The third-order valence-electron chi connectivity index (χ3n) is 2.62. The summed E-state index contributed by atoms with van der Waals surface area (Å²) in [6, 6.07) is -0.378. The molecule has 84 valence electrons. The summed E-state index contributed by atoms with van der Waals surface area (Å²) in [6.45, 7) is 6.96. The van der Waals surface area contributed by atoms with Crippen molar-refractivity contribution in [2.75, 3.05) is 6.54 Å². The Hall–Kier alpha value is -0.570. The van der Waals surface area contributed by atoms with E-state index in [0.29, 0.717) is 0 Å². The van der Waals surface area contributed by atoms with Gasteiger partial charge in [-0.3, -0.25) is 4.79 Å². The highest BCUT2D eigenvalue weighted by molar-refractivity contribution is 5.73. The molecule has 0 aliphatic rings. The Balaban J connectivity index is 3.80. The summed E-state index contributed by atoms with van der Waals surface area (Å²) >= 11 is 0. The molecule has 2 unspecified atom stereocenters. The number of carboxylic acid groups (broad SMARTS) is 1. The van der Waals surface area contributed by atoms with Crippen LogP contribution < -0.4 is 5.32 Å². The van der Waals surface area contributed by atoms with Crippen molar-refractivity contribution in [3.63, 3.8) is 0 Å². The second-order valence-corrected chi connectivity index (χ2v) is 3.86. The molecule has 0 aromatic heterocycles. The van der Waals surface area contributed by atoms with Gasteiger partial charge in [-0.05, 0) is 18.9 Å². The second kappa shape index (κ2) is 7.80. The van der Waals surface area contributed by atoms with Crippen LogP contribution >= 0.6 is 0 Å². The molecule has 14 heavy (non-hydrogen) atoms. The van der Waals surface area contributed by atoms with Crippen LogP contribution in [0.25, 0.3) is 0 Å². The fraction of sp³-hybridized carbons (Fsp3) is 0.909. The van der Waals surface area contributed by atoms with E-state index in [1.165, 1.54) is 12.8 Å². The predicted molar refractivity (Wildman–Crippen MR) is 58.4 cm³/mol. The molecule has 0 rings (SSSR count). The van der Waals surface area contributed by atoms with Crippen LogP contribution in [0.2, 0.25) is 0 Å². The topological polar surface area (TPSA) is 49.3 Å². The summed E-state index contributed by atoms with van der Waals surface area (Å²) in [5.41, 5.74) is 0. The summed E-state index contributed by atoms with van der Waals surface area (Å²) in [4.78, 5) is 10.9. The zero-order valence-corrected chi connectivity index (χ0v) is 9.55. The van der Waals surface area contributed by atoms with Gasteiger partial charge in [0.2, 0.25) is 0 Å². The molecule has 0 saturated heterocycles. The largest absolute Gasteiger partial charge is 0.480 e. The van der Waals surface area contributed by atoms with Crippen molar-refractivity contribution in [3.05, 3.63) is 0 Å². The number of carboxylic acids is 1. The molecule has 0 bridgehead atoms. The van der Waals surface area contributed by atoms with Crippen LogP contribution in [-0.4, -0.2) is 23.7 Å². The second-order valence-electron chi connectivity index (χ2n) is 3.86. The van der Waals surface area contributed by atoms with Crippen LogP contribution in [0.15, 0.2) is 0 Å². The van der Waals surface area contributed by atoms with Gasteiger partial charge in [-0.25, -0.2) is 0 Å². The lowest BCUT2D eigenvalue weighted by molar-refractivity contribution is -0.140.